The van der Waals surface area contributed by atoms with E-state index in [-0.39, 0.29) is 28.2 Å². The van der Waals surface area contributed by atoms with Crippen molar-refractivity contribution in [1.29, 1.82) is 0 Å². The summed E-state index contributed by atoms with van der Waals surface area (Å²) < 4.78 is 5.33. The number of ketones is 1. The molecule has 5 rings (SSSR count). The van der Waals surface area contributed by atoms with Crippen LogP contribution >= 0.6 is 11.6 Å². The van der Waals surface area contributed by atoms with Crippen molar-refractivity contribution < 1.29 is 14.6 Å². The van der Waals surface area contributed by atoms with Gasteiger partial charge in [0.05, 0.1) is 29.5 Å². The number of fused-ring (bicyclic) bond motifs is 1. The first kappa shape index (κ1) is 21.4. The van der Waals surface area contributed by atoms with E-state index in [1.165, 1.54) is 18.2 Å². The summed E-state index contributed by atoms with van der Waals surface area (Å²) in [5, 5.41) is 17.5. The molecule has 0 bridgehead atoms. The number of anilines is 2. The first-order valence-electron chi connectivity index (χ1n) is 11.0. The van der Waals surface area contributed by atoms with Crippen LogP contribution in [0.5, 0.6) is 11.5 Å². The van der Waals surface area contributed by atoms with E-state index in [1.54, 1.807) is 12.1 Å². The van der Waals surface area contributed by atoms with Crippen LogP contribution in [0.3, 0.4) is 0 Å². The molecule has 0 saturated heterocycles. The van der Waals surface area contributed by atoms with Gasteiger partial charge in [0.25, 0.3) is 0 Å². The molecule has 0 saturated carbocycles. The zero-order chi connectivity index (χ0) is 23.1. The maximum atomic E-state index is 13.6. The van der Waals surface area contributed by atoms with Crippen molar-refractivity contribution in [3.63, 3.8) is 0 Å². The molecule has 2 aliphatic rings. The zero-order valence-corrected chi connectivity index (χ0v) is 19.2. The molecule has 168 valence electrons. The number of carbonyl (C=O) groups is 1. The van der Waals surface area contributed by atoms with E-state index in [2.05, 4.69) is 41.8 Å². The van der Waals surface area contributed by atoms with E-state index in [0.717, 1.165) is 29.1 Å². The number of para-hydroxylation sites is 2. The Morgan fingerprint density at radius 3 is 2.45 bits per heavy atom. The third-order valence-electron chi connectivity index (χ3n) is 6.46. The molecule has 5 nitrogen and oxygen atoms in total. The molecule has 3 aromatic carbocycles. The second kappa shape index (κ2) is 8.49. The molecular formula is C27H25ClN2O3. The zero-order valence-electron chi connectivity index (χ0n) is 18.5. The highest BCUT2D eigenvalue weighted by molar-refractivity contribution is 6.32. The third-order valence-corrected chi connectivity index (χ3v) is 6.75. The lowest BCUT2D eigenvalue weighted by molar-refractivity contribution is -0.116. The van der Waals surface area contributed by atoms with E-state index in [4.69, 9.17) is 16.3 Å². The number of methoxy groups -OCH3 is 1. The lowest BCUT2D eigenvalue weighted by Gasteiger charge is -2.30. The number of nitrogens with one attached hydrogen (secondary N) is 2. The predicted molar refractivity (Wildman–Crippen MR) is 131 cm³/mol. The van der Waals surface area contributed by atoms with Gasteiger partial charge >= 0.3 is 0 Å². The fraction of sp³-hybridized carbons (Fsp3) is 0.222. The summed E-state index contributed by atoms with van der Waals surface area (Å²) in [4.78, 5) is 13.6. The fourth-order valence-corrected chi connectivity index (χ4v) is 4.95. The van der Waals surface area contributed by atoms with Gasteiger partial charge in [-0.1, -0.05) is 53.6 Å². The van der Waals surface area contributed by atoms with Crippen LogP contribution in [-0.4, -0.2) is 18.0 Å². The second-order valence-electron chi connectivity index (χ2n) is 8.63. The van der Waals surface area contributed by atoms with E-state index in [0.29, 0.717) is 12.0 Å². The summed E-state index contributed by atoms with van der Waals surface area (Å²) in [7, 11) is 1.48. The van der Waals surface area contributed by atoms with Crippen molar-refractivity contribution in [3.8, 4) is 11.5 Å². The third kappa shape index (κ3) is 3.93. The van der Waals surface area contributed by atoms with Crippen LogP contribution in [0.15, 0.2) is 71.9 Å². The smallest absolute Gasteiger partial charge is 0.176 e. The normalized spacial score (nSPS) is 19.7. The number of Topliss-reactive ketones (excluding diaryl/α,β-unsaturated/α-hetero) is 1. The maximum absolute atomic E-state index is 13.6. The monoisotopic (exact) mass is 460 g/mol. The summed E-state index contributed by atoms with van der Waals surface area (Å²) in [6, 6.07) is 19.3. The van der Waals surface area contributed by atoms with Crippen molar-refractivity contribution in [2.45, 2.75) is 31.7 Å². The Morgan fingerprint density at radius 1 is 1.00 bits per heavy atom. The van der Waals surface area contributed by atoms with Crippen LogP contribution in [0.25, 0.3) is 0 Å². The van der Waals surface area contributed by atoms with Gasteiger partial charge < -0.3 is 20.5 Å². The molecule has 0 amide bonds. The molecule has 33 heavy (non-hydrogen) atoms. The molecule has 1 heterocycles. The van der Waals surface area contributed by atoms with Gasteiger partial charge in [-0.25, -0.2) is 0 Å². The number of hydrogen-bond donors (Lipinski definition) is 3. The molecule has 3 N–H and O–H groups in total. The number of hydrogen-bond acceptors (Lipinski definition) is 5. The Kier molecular flexibility index (Phi) is 5.51. The molecule has 0 spiro atoms. The lowest BCUT2D eigenvalue weighted by Crippen LogP contribution is -2.27. The van der Waals surface area contributed by atoms with Crippen LogP contribution in [0.2, 0.25) is 5.02 Å². The molecule has 6 heteroatoms. The minimum absolute atomic E-state index is 0.0859. The maximum Gasteiger partial charge on any atom is 0.176 e. The molecule has 0 aromatic heterocycles. The van der Waals surface area contributed by atoms with Crippen molar-refractivity contribution in [3.05, 3.63) is 93.6 Å². The van der Waals surface area contributed by atoms with Gasteiger partial charge in [-0.3, -0.25) is 4.79 Å². The number of aryl methyl sites for hydroxylation is 1. The summed E-state index contributed by atoms with van der Waals surface area (Å²) in [5.41, 5.74) is 6.52. The Morgan fingerprint density at radius 2 is 1.73 bits per heavy atom. The molecule has 2 atom stereocenters. The van der Waals surface area contributed by atoms with E-state index < -0.39 is 6.04 Å². The average Bonchev–Trinajstić information content (AvgIpc) is 2.98. The van der Waals surface area contributed by atoms with Gasteiger partial charge in [-0.2, -0.15) is 0 Å². The van der Waals surface area contributed by atoms with E-state index in [1.807, 2.05) is 24.3 Å². The fourth-order valence-electron chi connectivity index (χ4n) is 4.73. The van der Waals surface area contributed by atoms with Crippen LogP contribution in [-0.2, 0) is 4.79 Å². The quantitative estimate of drug-likeness (QED) is 0.425. The molecule has 0 fully saturated rings. The van der Waals surface area contributed by atoms with Crippen LogP contribution in [0, 0.1) is 6.92 Å². The molecule has 3 aromatic rings. The van der Waals surface area contributed by atoms with E-state index in [9.17, 15) is 9.90 Å². The summed E-state index contributed by atoms with van der Waals surface area (Å²) >= 11 is 6.31. The van der Waals surface area contributed by atoms with Gasteiger partial charge in [0.1, 0.15) is 0 Å². The largest absolute Gasteiger partial charge is 0.503 e. The highest BCUT2D eigenvalue weighted by Gasteiger charge is 2.36. The van der Waals surface area contributed by atoms with Gasteiger partial charge in [-0.05, 0) is 54.7 Å². The Labute approximate surface area is 198 Å². The number of benzene rings is 3. The highest BCUT2D eigenvalue weighted by atomic mass is 35.5. The molecule has 1 aliphatic carbocycles. The Balaban J connectivity index is 1.63. The molecule has 0 radical (unpaired) electrons. The first-order valence-corrected chi connectivity index (χ1v) is 11.3. The first-order chi connectivity index (χ1) is 15.9. The highest BCUT2D eigenvalue weighted by Crippen LogP contribution is 2.46. The SMILES string of the molecule is COc1cc([C@H]2Nc3ccccc3NC3=C2C(=O)C[C@@H](c2ccc(C)cc2)C3)cc(Cl)c1O. The summed E-state index contributed by atoms with van der Waals surface area (Å²) in [6.45, 7) is 2.06. The number of ether oxygens (including phenoxy) is 1. The number of phenolic OH excluding ortho intramolecular Hbond substituents is 1. The summed E-state index contributed by atoms with van der Waals surface area (Å²) in [6.07, 6.45) is 1.15. The molecular weight excluding hydrogens is 436 g/mol. The van der Waals surface area contributed by atoms with Crippen molar-refractivity contribution in [2.75, 3.05) is 17.7 Å². The Hall–Kier alpha value is -3.44. The second-order valence-corrected chi connectivity index (χ2v) is 9.04. The minimum Gasteiger partial charge on any atom is -0.503 e. The molecule has 0 unspecified atom stereocenters. The van der Waals surface area contributed by atoms with Gasteiger partial charge in [-0.15, -0.1) is 0 Å². The molecule has 1 aliphatic heterocycles. The number of phenols is 1. The number of halogens is 1. The number of aromatic hydroxyl groups is 1. The van der Waals surface area contributed by atoms with E-state index >= 15 is 0 Å². The standard InChI is InChI=1S/C27H25ClN2O3/c1-15-7-9-16(10-8-15)17-12-22-25(23(31)13-17)26(30-21-6-4-3-5-20(21)29-22)18-11-19(28)27(32)24(14-18)33-2/h3-11,14,17,26,29-30,32H,12-13H2,1-2H3/t17-,26+/m0/s1. The number of rotatable bonds is 3. The Bertz CT molecular complexity index is 1270. The van der Waals surface area contributed by atoms with Gasteiger partial charge in [0, 0.05) is 17.7 Å². The number of carbonyl (C=O) groups excluding carboxylic acids is 1. The predicted octanol–water partition coefficient (Wildman–Crippen LogP) is 6.34. The van der Waals surface area contributed by atoms with Crippen molar-refractivity contribution >= 4 is 28.8 Å². The van der Waals surface area contributed by atoms with Crippen LogP contribution in [0.4, 0.5) is 11.4 Å². The van der Waals surface area contributed by atoms with Gasteiger partial charge in [0.2, 0.25) is 0 Å². The van der Waals surface area contributed by atoms with Crippen molar-refractivity contribution in [2.24, 2.45) is 0 Å². The minimum atomic E-state index is -0.436. The van der Waals surface area contributed by atoms with Crippen LogP contribution < -0.4 is 15.4 Å². The number of allylic oxidation sites excluding steroid dienone is 1. The average molecular weight is 461 g/mol. The van der Waals surface area contributed by atoms with Crippen LogP contribution in [0.1, 0.15) is 41.5 Å². The summed E-state index contributed by atoms with van der Waals surface area (Å²) in [5.74, 6) is 0.349. The lowest BCUT2D eigenvalue weighted by atomic mass is 9.78. The topological polar surface area (TPSA) is 70.6 Å². The van der Waals surface area contributed by atoms with Crippen molar-refractivity contribution in [1.82, 2.24) is 0 Å². The van der Waals surface area contributed by atoms with Gasteiger partial charge in [0.15, 0.2) is 17.3 Å².